The van der Waals surface area contributed by atoms with Gasteiger partial charge in [0, 0.05) is 11.1 Å². The smallest absolute Gasteiger partial charge is 0.232 e. The van der Waals surface area contributed by atoms with Gasteiger partial charge >= 0.3 is 0 Å². The number of carbonyl (C=O) groups excluding carboxylic acids is 1. The predicted molar refractivity (Wildman–Crippen MR) is 130 cm³/mol. The van der Waals surface area contributed by atoms with Gasteiger partial charge in [0.2, 0.25) is 15.9 Å². The molecule has 1 aliphatic heterocycles. The van der Waals surface area contributed by atoms with Crippen molar-refractivity contribution in [1.82, 2.24) is 10.2 Å². The number of hydrogen-bond acceptors (Lipinski definition) is 6. The number of amides is 1. The topological polar surface area (TPSA) is 122 Å². The highest BCUT2D eigenvalue weighted by atomic mass is 32.2. The molecule has 3 aromatic rings. The highest BCUT2D eigenvalue weighted by molar-refractivity contribution is 7.92. The Hall–Kier alpha value is -3.27. The Morgan fingerprint density at radius 2 is 1.82 bits per heavy atom. The summed E-state index contributed by atoms with van der Waals surface area (Å²) in [4.78, 5) is 12.7. The summed E-state index contributed by atoms with van der Waals surface area (Å²) >= 11 is 0. The zero-order valence-corrected chi connectivity index (χ0v) is 19.6. The summed E-state index contributed by atoms with van der Waals surface area (Å²) in [7, 11) is -3.46. The molecule has 2 heterocycles. The first-order chi connectivity index (χ1) is 16.4. The molecule has 180 valence electrons. The Bertz CT molecular complexity index is 1300. The van der Waals surface area contributed by atoms with Crippen molar-refractivity contribution < 1.29 is 22.7 Å². The third-order valence-electron chi connectivity index (χ3n) is 6.25. The summed E-state index contributed by atoms with van der Waals surface area (Å²) in [5.74, 6) is 1.76. The van der Waals surface area contributed by atoms with Gasteiger partial charge in [0.15, 0.2) is 17.3 Å². The van der Waals surface area contributed by atoms with Crippen molar-refractivity contribution in [3.63, 3.8) is 0 Å². The molecule has 34 heavy (non-hydrogen) atoms. The molecule has 0 unspecified atom stereocenters. The first kappa shape index (κ1) is 22.5. The summed E-state index contributed by atoms with van der Waals surface area (Å²) < 4.78 is 39.2. The minimum absolute atomic E-state index is 0.134. The van der Waals surface area contributed by atoms with E-state index in [1.54, 1.807) is 30.3 Å². The number of aromatic amines is 1. The van der Waals surface area contributed by atoms with E-state index in [2.05, 4.69) is 20.2 Å². The number of nitrogens with zero attached hydrogens (tertiary/aromatic N) is 1. The lowest BCUT2D eigenvalue weighted by Crippen LogP contribution is -2.24. The molecule has 9 nitrogen and oxygen atoms in total. The Kier molecular flexibility index (Phi) is 6.32. The fraction of sp³-hybridized carbons (Fsp3) is 0.417. The number of sulfonamides is 1. The number of fused-ring (bicyclic) bond motifs is 2. The number of H-pyrrole nitrogens is 1. The molecule has 1 aromatic heterocycles. The zero-order chi connectivity index (χ0) is 23.5. The lowest BCUT2D eigenvalue weighted by molar-refractivity contribution is -0.115. The van der Waals surface area contributed by atoms with E-state index in [4.69, 9.17) is 9.47 Å². The van der Waals surface area contributed by atoms with Crippen LogP contribution in [0.3, 0.4) is 0 Å². The molecule has 10 heteroatoms. The van der Waals surface area contributed by atoms with Crippen molar-refractivity contribution in [2.45, 2.75) is 38.5 Å². The fourth-order valence-corrected chi connectivity index (χ4v) is 6.14. The Labute approximate surface area is 198 Å². The van der Waals surface area contributed by atoms with Gasteiger partial charge < -0.3 is 14.8 Å². The van der Waals surface area contributed by atoms with E-state index >= 15 is 0 Å². The van der Waals surface area contributed by atoms with E-state index in [-0.39, 0.29) is 24.0 Å². The van der Waals surface area contributed by atoms with Crippen molar-refractivity contribution in [2.75, 3.05) is 29.0 Å². The summed E-state index contributed by atoms with van der Waals surface area (Å²) in [6.07, 6.45) is 5.43. The molecule has 2 aliphatic rings. The van der Waals surface area contributed by atoms with Crippen LogP contribution in [0.5, 0.6) is 11.5 Å². The number of anilines is 2. The molecule has 0 radical (unpaired) electrons. The van der Waals surface area contributed by atoms with Gasteiger partial charge in [-0.3, -0.25) is 14.6 Å². The van der Waals surface area contributed by atoms with Crippen molar-refractivity contribution in [3.8, 4) is 11.5 Å². The lowest BCUT2D eigenvalue weighted by atomic mass is 9.91. The molecule has 1 fully saturated rings. The number of benzene rings is 2. The highest BCUT2D eigenvalue weighted by Crippen LogP contribution is 2.31. The normalized spacial score (nSPS) is 16.4. The molecule has 0 spiro atoms. The number of carbonyl (C=O) groups is 1. The van der Waals surface area contributed by atoms with E-state index in [0.29, 0.717) is 47.1 Å². The molecule has 1 saturated carbocycles. The standard InChI is InChI=1S/C24H28N4O5S/c29-23(13-17-6-9-21-22(12-17)33-11-10-32-21)25-24-19-14-18(7-8-20(19)26-27-24)28-34(30,31)15-16-4-2-1-3-5-16/h6-9,12,14,16,28H,1-5,10-11,13,15H2,(H2,25,26,27,29). The van der Waals surface area contributed by atoms with Crippen LogP contribution in [0.15, 0.2) is 36.4 Å². The van der Waals surface area contributed by atoms with E-state index in [0.717, 1.165) is 31.2 Å². The molecule has 0 bridgehead atoms. The second-order valence-corrected chi connectivity index (χ2v) is 10.7. The van der Waals surface area contributed by atoms with E-state index in [1.807, 2.05) is 6.07 Å². The SMILES string of the molecule is O=C(Cc1ccc2c(c1)OCCO2)Nc1n[nH]c2ccc(NS(=O)(=O)CC3CCCCC3)cc12. The predicted octanol–water partition coefficient (Wildman–Crippen LogP) is 3.84. The Morgan fingerprint density at radius 1 is 1.03 bits per heavy atom. The molecule has 3 N–H and O–H groups in total. The molecule has 1 aliphatic carbocycles. The second kappa shape index (κ2) is 9.54. The molecule has 2 aromatic carbocycles. The maximum absolute atomic E-state index is 12.7. The second-order valence-electron chi connectivity index (χ2n) is 8.92. The van der Waals surface area contributed by atoms with Gasteiger partial charge in [0.1, 0.15) is 13.2 Å². The molecular formula is C24H28N4O5S. The quantitative estimate of drug-likeness (QED) is 0.468. The number of aromatic nitrogens is 2. The van der Waals surface area contributed by atoms with Crippen molar-refractivity contribution in [1.29, 1.82) is 0 Å². The first-order valence-corrected chi connectivity index (χ1v) is 13.3. The molecule has 0 atom stereocenters. The summed E-state index contributed by atoms with van der Waals surface area (Å²) in [5.41, 5.74) is 1.94. The van der Waals surface area contributed by atoms with Gasteiger partial charge in [-0.15, -0.1) is 0 Å². The first-order valence-electron chi connectivity index (χ1n) is 11.6. The van der Waals surface area contributed by atoms with Gasteiger partial charge in [-0.2, -0.15) is 5.10 Å². The number of rotatable bonds is 7. The molecule has 0 saturated heterocycles. The van der Waals surface area contributed by atoms with Gasteiger partial charge in [-0.05, 0) is 54.7 Å². The van der Waals surface area contributed by atoms with Gasteiger partial charge in [-0.1, -0.05) is 25.3 Å². The Balaban J connectivity index is 1.26. The zero-order valence-electron chi connectivity index (χ0n) is 18.8. The molecule has 1 amide bonds. The minimum Gasteiger partial charge on any atom is -0.486 e. The summed E-state index contributed by atoms with van der Waals surface area (Å²) in [5, 5.41) is 10.5. The van der Waals surface area contributed by atoms with Crippen LogP contribution in [0.4, 0.5) is 11.5 Å². The average molecular weight is 485 g/mol. The van der Waals surface area contributed by atoms with Crippen LogP contribution in [0.25, 0.3) is 10.9 Å². The maximum Gasteiger partial charge on any atom is 0.232 e. The largest absolute Gasteiger partial charge is 0.486 e. The van der Waals surface area contributed by atoms with E-state index in [1.165, 1.54) is 6.42 Å². The average Bonchev–Trinajstić information content (AvgIpc) is 3.20. The Morgan fingerprint density at radius 3 is 2.65 bits per heavy atom. The third-order valence-corrected chi connectivity index (χ3v) is 7.70. The van der Waals surface area contributed by atoms with Crippen LogP contribution in [0.1, 0.15) is 37.7 Å². The summed E-state index contributed by atoms with van der Waals surface area (Å²) in [6, 6.07) is 10.6. The van der Waals surface area contributed by atoms with Gasteiger partial charge in [0.05, 0.1) is 17.7 Å². The van der Waals surface area contributed by atoms with Gasteiger partial charge in [0.25, 0.3) is 0 Å². The van der Waals surface area contributed by atoms with E-state index < -0.39 is 10.0 Å². The van der Waals surface area contributed by atoms with Crippen LogP contribution in [-0.2, 0) is 21.2 Å². The number of nitrogens with one attached hydrogen (secondary N) is 3. The highest BCUT2D eigenvalue weighted by Gasteiger charge is 2.22. The molecule has 5 rings (SSSR count). The van der Waals surface area contributed by atoms with Crippen LogP contribution < -0.4 is 19.5 Å². The maximum atomic E-state index is 12.7. The number of hydrogen-bond donors (Lipinski definition) is 3. The molecular weight excluding hydrogens is 456 g/mol. The minimum atomic E-state index is -3.46. The van der Waals surface area contributed by atoms with Crippen molar-refractivity contribution >= 4 is 38.3 Å². The summed E-state index contributed by atoms with van der Waals surface area (Å²) in [6.45, 7) is 0.993. The monoisotopic (exact) mass is 484 g/mol. The van der Waals surface area contributed by atoms with Crippen LogP contribution >= 0.6 is 0 Å². The number of ether oxygens (including phenoxy) is 2. The third kappa shape index (κ3) is 5.27. The van der Waals surface area contributed by atoms with Gasteiger partial charge in [-0.25, -0.2) is 8.42 Å². The van der Waals surface area contributed by atoms with Crippen molar-refractivity contribution in [3.05, 3.63) is 42.0 Å². The van der Waals surface area contributed by atoms with Crippen LogP contribution in [-0.4, -0.2) is 43.5 Å². The van der Waals surface area contributed by atoms with E-state index in [9.17, 15) is 13.2 Å². The fourth-order valence-electron chi connectivity index (χ4n) is 4.62. The van der Waals surface area contributed by atoms with Crippen molar-refractivity contribution in [2.24, 2.45) is 5.92 Å². The van der Waals surface area contributed by atoms with Crippen LogP contribution in [0.2, 0.25) is 0 Å². The van der Waals surface area contributed by atoms with Crippen LogP contribution in [0, 0.1) is 5.92 Å². The lowest BCUT2D eigenvalue weighted by Gasteiger charge is -2.21.